The maximum absolute atomic E-state index is 13.2. The number of aryl methyl sites for hydroxylation is 2. The zero-order valence-electron chi connectivity index (χ0n) is 15.9. The number of nitrogens with one attached hydrogen (secondary N) is 1. The van der Waals surface area contributed by atoms with Crippen molar-refractivity contribution in [1.29, 1.82) is 0 Å². The minimum atomic E-state index is -0.214. The van der Waals surface area contributed by atoms with Gasteiger partial charge in [0.05, 0.1) is 29.4 Å². The molecule has 0 fully saturated rings. The fourth-order valence-corrected chi connectivity index (χ4v) is 3.28. The van der Waals surface area contributed by atoms with Crippen molar-refractivity contribution in [2.24, 2.45) is 7.05 Å². The van der Waals surface area contributed by atoms with E-state index in [0.717, 1.165) is 22.3 Å². The van der Waals surface area contributed by atoms with Gasteiger partial charge >= 0.3 is 0 Å². The highest BCUT2D eigenvalue weighted by atomic mass is 16.5. The Bertz CT molecular complexity index is 1170. The van der Waals surface area contributed by atoms with E-state index in [-0.39, 0.29) is 5.91 Å². The maximum Gasteiger partial charge on any atom is 0.256 e. The number of amides is 1. The van der Waals surface area contributed by atoms with Gasteiger partial charge in [0.1, 0.15) is 5.75 Å². The molecule has 0 aliphatic heterocycles. The molecule has 4 rings (SSSR count). The SMILES string of the molecule is COc1cccc(NC(=O)c2cc(-c3ccccc3)nc3c2c(C)nn3C)c1. The lowest BCUT2D eigenvalue weighted by atomic mass is 10.0. The number of fused-ring (bicyclic) bond motifs is 1. The van der Waals surface area contributed by atoms with Gasteiger partial charge in [0, 0.05) is 24.4 Å². The minimum absolute atomic E-state index is 0.214. The van der Waals surface area contributed by atoms with Gasteiger partial charge in [-0.15, -0.1) is 0 Å². The molecule has 28 heavy (non-hydrogen) atoms. The molecule has 0 saturated heterocycles. The van der Waals surface area contributed by atoms with E-state index in [1.807, 2.05) is 68.6 Å². The van der Waals surface area contributed by atoms with Gasteiger partial charge in [0.2, 0.25) is 0 Å². The molecule has 2 heterocycles. The number of hydrogen-bond acceptors (Lipinski definition) is 4. The van der Waals surface area contributed by atoms with Gasteiger partial charge in [0.15, 0.2) is 5.65 Å². The van der Waals surface area contributed by atoms with E-state index in [4.69, 9.17) is 9.72 Å². The van der Waals surface area contributed by atoms with Crippen LogP contribution in [0.25, 0.3) is 22.3 Å². The third-order valence-electron chi connectivity index (χ3n) is 4.61. The van der Waals surface area contributed by atoms with Crippen LogP contribution in [0.2, 0.25) is 0 Å². The molecule has 0 unspecified atom stereocenters. The molecular weight excluding hydrogens is 352 g/mol. The number of ether oxygens (including phenoxy) is 1. The second-order valence-electron chi connectivity index (χ2n) is 6.51. The first kappa shape index (κ1) is 17.7. The molecule has 2 aromatic carbocycles. The Hall–Kier alpha value is -3.67. The fourth-order valence-electron chi connectivity index (χ4n) is 3.28. The normalized spacial score (nSPS) is 10.8. The van der Waals surface area contributed by atoms with Gasteiger partial charge in [-0.3, -0.25) is 9.48 Å². The second-order valence-corrected chi connectivity index (χ2v) is 6.51. The summed E-state index contributed by atoms with van der Waals surface area (Å²) in [6, 6.07) is 18.9. The van der Waals surface area contributed by atoms with Crippen molar-refractivity contribution >= 4 is 22.6 Å². The number of carbonyl (C=O) groups excluding carboxylic acids is 1. The highest BCUT2D eigenvalue weighted by Gasteiger charge is 2.19. The van der Waals surface area contributed by atoms with E-state index >= 15 is 0 Å². The van der Waals surface area contributed by atoms with E-state index in [2.05, 4.69) is 10.4 Å². The number of anilines is 1. The first-order chi connectivity index (χ1) is 13.6. The number of methoxy groups -OCH3 is 1. The molecule has 6 heteroatoms. The average molecular weight is 372 g/mol. The van der Waals surface area contributed by atoms with E-state index in [1.165, 1.54) is 0 Å². The van der Waals surface area contributed by atoms with Gasteiger partial charge in [-0.2, -0.15) is 5.10 Å². The Kier molecular flexibility index (Phi) is 4.53. The molecule has 0 radical (unpaired) electrons. The van der Waals surface area contributed by atoms with Crippen molar-refractivity contribution in [1.82, 2.24) is 14.8 Å². The van der Waals surface area contributed by atoms with Gasteiger partial charge in [-0.05, 0) is 25.1 Å². The molecule has 0 saturated carbocycles. The van der Waals surface area contributed by atoms with Crippen LogP contribution in [0.1, 0.15) is 16.1 Å². The summed E-state index contributed by atoms with van der Waals surface area (Å²) in [4.78, 5) is 17.9. The summed E-state index contributed by atoms with van der Waals surface area (Å²) in [6.07, 6.45) is 0. The number of pyridine rings is 1. The molecule has 0 atom stereocenters. The summed E-state index contributed by atoms with van der Waals surface area (Å²) < 4.78 is 6.94. The van der Waals surface area contributed by atoms with Crippen LogP contribution in [0.4, 0.5) is 5.69 Å². The molecule has 140 valence electrons. The van der Waals surface area contributed by atoms with E-state index in [1.54, 1.807) is 17.9 Å². The standard InChI is InChI=1S/C22H20N4O2/c1-14-20-18(22(27)23-16-10-7-11-17(12-16)28-3)13-19(15-8-5-4-6-9-15)24-21(20)26(2)25-14/h4-13H,1-3H3,(H,23,27). The number of nitrogens with zero attached hydrogens (tertiary/aromatic N) is 3. The lowest BCUT2D eigenvalue weighted by molar-refractivity contribution is 0.102. The van der Waals surface area contributed by atoms with E-state index in [0.29, 0.717) is 22.6 Å². The second kappa shape index (κ2) is 7.15. The molecule has 0 aliphatic rings. The fraction of sp³-hybridized carbons (Fsp3) is 0.136. The zero-order valence-corrected chi connectivity index (χ0v) is 15.9. The predicted octanol–water partition coefficient (Wildman–Crippen LogP) is 4.20. The average Bonchev–Trinajstić information content (AvgIpc) is 3.02. The Balaban J connectivity index is 1.83. The van der Waals surface area contributed by atoms with Gasteiger partial charge in [-0.1, -0.05) is 36.4 Å². The van der Waals surface area contributed by atoms with Gasteiger partial charge < -0.3 is 10.1 Å². The van der Waals surface area contributed by atoms with Crippen molar-refractivity contribution in [2.45, 2.75) is 6.92 Å². The molecule has 2 aromatic heterocycles. The minimum Gasteiger partial charge on any atom is -0.497 e. The van der Waals surface area contributed by atoms with Crippen LogP contribution in [0.3, 0.4) is 0 Å². The van der Waals surface area contributed by atoms with Crippen molar-refractivity contribution in [3.05, 3.63) is 71.9 Å². The number of benzene rings is 2. The van der Waals surface area contributed by atoms with Crippen molar-refractivity contribution in [2.75, 3.05) is 12.4 Å². The lowest BCUT2D eigenvalue weighted by Gasteiger charge is -2.10. The summed E-state index contributed by atoms with van der Waals surface area (Å²) in [5.74, 6) is 0.467. The smallest absolute Gasteiger partial charge is 0.256 e. The van der Waals surface area contributed by atoms with Crippen LogP contribution >= 0.6 is 0 Å². The van der Waals surface area contributed by atoms with E-state index < -0.39 is 0 Å². The molecule has 0 spiro atoms. The van der Waals surface area contributed by atoms with E-state index in [9.17, 15) is 4.79 Å². The van der Waals surface area contributed by atoms with Crippen LogP contribution in [0.5, 0.6) is 5.75 Å². The summed E-state index contributed by atoms with van der Waals surface area (Å²) in [5.41, 5.74) is 4.31. The van der Waals surface area contributed by atoms with Crippen LogP contribution in [-0.2, 0) is 7.05 Å². The third kappa shape index (κ3) is 3.20. The molecule has 1 amide bonds. The number of rotatable bonds is 4. The van der Waals surface area contributed by atoms with Crippen LogP contribution < -0.4 is 10.1 Å². The largest absolute Gasteiger partial charge is 0.497 e. The quantitative estimate of drug-likeness (QED) is 0.583. The van der Waals surface area contributed by atoms with Crippen LogP contribution in [0.15, 0.2) is 60.7 Å². The summed E-state index contributed by atoms with van der Waals surface area (Å²) in [6.45, 7) is 1.88. The van der Waals surface area contributed by atoms with Crippen molar-refractivity contribution in [3.63, 3.8) is 0 Å². The number of hydrogen-bond donors (Lipinski definition) is 1. The number of aromatic nitrogens is 3. The lowest BCUT2D eigenvalue weighted by Crippen LogP contribution is -2.13. The molecule has 4 aromatic rings. The number of carbonyl (C=O) groups is 1. The van der Waals surface area contributed by atoms with Gasteiger partial charge in [0.25, 0.3) is 5.91 Å². The third-order valence-corrected chi connectivity index (χ3v) is 4.61. The van der Waals surface area contributed by atoms with Crippen molar-refractivity contribution < 1.29 is 9.53 Å². The first-order valence-electron chi connectivity index (χ1n) is 8.92. The Morgan fingerprint density at radius 1 is 1.07 bits per heavy atom. The van der Waals surface area contributed by atoms with Crippen LogP contribution in [0, 0.1) is 6.92 Å². The molecule has 6 nitrogen and oxygen atoms in total. The highest BCUT2D eigenvalue weighted by Crippen LogP contribution is 2.28. The van der Waals surface area contributed by atoms with Crippen molar-refractivity contribution in [3.8, 4) is 17.0 Å². The van der Waals surface area contributed by atoms with Gasteiger partial charge in [-0.25, -0.2) is 4.98 Å². The Morgan fingerprint density at radius 2 is 1.86 bits per heavy atom. The molecule has 0 bridgehead atoms. The summed E-state index contributed by atoms with van der Waals surface area (Å²) >= 11 is 0. The maximum atomic E-state index is 13.2. The first-order valence-corrected chi connectivity index (χ1v) is 8.92. The molecule has 0 aliphatic carbocycles. The summed E-state index contributed by atoms with van der Waals surface area (Å²) in [5, 5.41) is 8.17. The Morgan fingerprint density at radius 3 is 2.61 bits per heavy atom. The Labute approximate surface area is 162 Å². The molecule has 1 N–H and O–H groups in total. The summed E-state index contributed by atoms with van der Waals surface area (Å²) in [7, 11) is 3.43. The molecular formula is C22H20N4O2. The monoisotopic (exact) mass is 372 g/mol. The zero-order chi connectivity index (χ0) is 19.7. The topological polar surface area (TPSA) is 69.0 Å². The highest BCUT2D eigenvalue weighted by molar-refractivity contribution is 6.13. The van der Waals surface area contributed by atoms with Crippen LogP contribution in [-0.4, -0.2) is 27.8 Å². The predicted molar refractivity (Wildman–Crippen MR) is 110 cm³/mol.